The summed E-state index contributed by atoms with van der Waals surface area (Å²) in [4.78, 5) is 24.0. The predicted octanol–water partition coefficient (Wildman–Crippen LogP) is 1.81. The van der Waals surface area contributed by atoms with Gasteiger partial charge < -0.3 is 15.2 Å². The van der Waals surface area contributed by atoms with Gasteiger partial charge in [0.25, 0.3) is 5.91 Å². The maximum atomic E-state index is 12.5. The van der Waals surface area contributed by atoms with Gasteiger partial charge in [-0.3, -0.25) is 4.79 Å². The van der Waals surface area contributed by atoms with Crippen molar-refractivity contribution in [3.8, 4) is 5.69 Å². The Balaban J connectivity index is 1.89. The molecule has 1 aliphatic heterocycles. The Morgan fingerprint density at radius 1 is 1.42 bits per heavy atom. The van der Waals surface area contributed by atoms with E-state index in [1.54, 1.807) is 31.3 Å². The van der Waals surface area contributed by atoms with E-state index < -0.39 is 17.4 Å². The Bertz CT molecular complexity index is 796. The number of ether oxygens (including phenoxy) is 1. The predicted molar refractivity (Wildman–Crippen MR) is 86.6 cm³/mol. The largest absolute Gasteiger partial charge is 0.479 e. The number of amides is 1. The van der Waals surface area contributed by atoms with E-state index in [0.29, 0.717) is 22.9 Å². The molecule has 0 bridgehead atoms. The molecule has 1 aromatic carbocycles. The number of halogens is 1. The third-order valence-corrected chi connectivity index (χ3v) is 4.31. The van der Waals surface area contributed by atoms with Crippen molar-refractivity contribution in [3.63, 3.8) is 0 Å². The fourth-order valence-corrected chi connectivity index (χ4v) is 2.83. The van der Waals surface area contributed by atoms with Crippen LogP contribution in [-0.2, 0) is 9.53 Å². The van der Waals surface area contributed by atoms with Crippen molar-refractivity contribution < 1.29 is 19.4 Å². The number of hydrogen-bond acceptors (Lipinski definition) is 4. The molecular weight excluding hydrogens is 334 g/mol. The van der Waals surface area contributed by atoms with Gasteiger partial charge in [-0.1, -0.05) is 23.7 Å². The lowest BCUT2D eigenvalue weighted by atomic mass is 9.98. The molecule has 8 heteroatoms. The van der Waals surface area contributed by atoms with E-state index >= 15 is 0 Å². The van der Waals surface area contributed by atoms with E-state index in [2.05, 4.69) is 10.4 Å². The van der Waals surface area contributed by atoms with Crippen LogP contribution in [0.1, 0.15) is 22.5 Å². The SMILES string of the molecule is Cc1cn(-c2ccccc2Cl)nc1C(=O)NC1(C(=O)O)CCOC1. The van der Waals surface area contributed by atoms with Gasteiger partial charge in [-0.05, 0) is 19.1 Å². The summed E-state index contributed by atoms with van der Waals surface area (Å²) in [6.07, 6.45) is 1.90. The molecule has 0 spiro atoms. The second kappa shape index (κ2) is 6.26. The minimum atomic E-state index is -1.41. The summed E-state index contributed by atoms with van der Waals surface area (Å²) >= 11 is 6.15. The summed E-state index contributed by atoms with van der Waals surface area (Å²) in [6.45, 7) is 1.96. The van der Waals surface area contributed by atoms with Crippen LogP contribution < -0.4 is 5.32 Å². The first-order chi connectivity index (χ1) is 11.4. The molecule has 2 heterocycles. The van der Waals surface area contributed by atoms with Gasteiger partial charge in [0.2, 0.25) is 0 Å². The van der Waals surface area contributed by atoms with Gasteiger partial charge in [0, 0.05) is 24.8 Å². The van der Waals surface area contributed by atoms with Crippen molar-refractivity contribution in [1.82, 2.24) is 15.1 Å². The zero-order valence-electron chi connectivity index (χ0n) is 13.0. The number of hydrogen-bond donors (Lipinski definition) is 2. The summed E-state index contributed by atoms with van der Waals surface area (Å²) < 4.78 is 6.65. The maximum Gasteiger partial charge on any atom is 0.331 e. The van der Waals surface area contributed by atoms with E-state index in [4.69, 9.17) is 16.3 Å². The van der Waals surface area contributed by atoms with Crippen LogP contribution in [0, 0.1) is 6.92 Å². The van der Waals surface area contributed by atoms with E-state index in [1.807, 2.05) is 6.07 Å². The molecule has 1 fully saturated rings. The van der Waals surface area contributed by atoms with Gasteiger partial charge in [0.05, 0.1) is 17.3 Å². The monoisotopic (exact) mass is 349 g/mol. The van der Waals surface area contributed by atoms with Gasteiger partial charge in [0.1, 0.15) is 0 Å². The fraction of sp³-hybridized carbons (Fsp3) is 0.312. The van der Waals surface area contributed by atoms with Crippen LogP contribution in [0.4, 0.5) is 0 Å². The molecule has 7 nitrogen and oxygen atoms in total. The topological polar surface area (TPSA) is 93.5 Å². The molecule has 126 valence electrons. The minimum absolute atomic E-state index is 0.0572. The smallest absolute Gasteiger partial charge is 0.331 e. The second-order valence-corrected chi connectivity index (χ2v) is 6.11. The van der Waals surface area contributed by atoms with Crippen molar-refractivity contribution in [2.75, 3.05) is 13.2 Å². The summed E-state index contributed by atoms with van der Waals surface area (Å²) in [5, 5.41) is 16.7. The number of aliphatic carboxylic acids is 1. The molecule has 3 rings (SSSR count). The zero-order valence-corrected chi connectivity index (χ0v) is 13.7. The number of aryl methyl sites for hydroxylation is 1. The number of nitrogens with zero attached hydrogens (tertiary/aromatic N) is 2. The van der Waals surface area contributed by atoms with Crippen molar-refractivity contribution in [2.24, 2.45) is 0 Å². The van der Waals surface area contributed by atoms with Gasteiger partial charge in [0.15, 0.2) is 11.2 Å². The molecular formula is C16H16ClN3O4. The lowest BCUT2D eigenvalue weighted by Crippen LogP contribution is -2.55. The van der Waals surface area contributed by atoms with E-state index in [1.165, 1.54) is 4.68 Å². The van der Waals surface area contributed by atoms with Crippen molar-refractivity contribution in [3.05, 3.63) is 46.7 Å². The van der Waals surface area contributed by atoms with Crippen molar-refractivity contribution >= 4 is 23.5 Å². The maximum absolute atomic E-state index is 12.5. The van der Waals surface area contributed by atoms with Crippen LogP contribution in [0.5, 0.6) is 0 Å². The quantitative estimate of drug-likeness (QED) is 0.878. The Morgan fingerprint density at radius 2 is 2.17 bits per heavy atom. The number of nitrogens with one attached hydrogen (secondary N) is 1. The summed E-state index contributed by atoms with van der Waals surface area (Å²) in [6, 6.07) is 7.11. The average Bonchev–Trinajstić information content (AvgIpc) is 3.15. The van der Waals surface area contributed by atoms with Crippen LogP contribution in [0.15, 0.2) is 30.5 Å². The van der Waals surface area contributed by atoms with Crippen LogP contribution >= 0.6 is 11.6 Å². The fourth-order valence-electron chi connectivity index (χ4n) is 2.61. The molecule has 2 aromatic rings. The van der Waals surface area contributed by atoms with Crippen LogP contribution in [-0.4, -0.2) is 45.5 Å². The Morgan fingerprint density at radius 3 is 2.79 bits per heavy atom. The number of carboxylic acids is 1. The second-order valence-electron chi connectivity index (χ2n) is 5.70. The van der Waals surface area contributed by atoms with Gasteiger partial charge in [-0.2, -0.15) is 5.10 Å². The van der Waals surface area contributed by atoms with E-state index in [9.17, 15) is 14.7 Å². The van der Waals surface area contributed by atoms with Crippen LogP contribution in [0.2, 0.25) is 5.02 Å². The molecule has 1 saturated heterocycles. The Kier molecular flexibility index (Phi) is 4.29. The Hall–Kier alpha value is -2.38. The summed E-state index contributed by atoms with van der Waals surface area (Å²) in [5.74, 6) is -1.66. The molecule has 2 N–H and O–H groups in total. The molecule has 0 aliphatic carbocycles. The molecule has 0 radical (unpaired) electrons. The summed E-state index contributed by atoms with van der Waals surface area (Å²) in [5.41, 5.74) is 0.00492. The molecule has 1 aromatic heterocycles. The number of para-hydroxylation sites is 1. The highest BCUT2D eigenvalue weighted by atomic mass is 35.5. The standard InChI is InChI=1S/C16H16ClN3O4/c1-10-8-20(12-5-3-2-4-11(12)17)19-13(10)14(21)18-16(15(22)23)6-7-24-9-16/h2-5,8H,6-7,9H2,1H3,(H,18,21)(H,22,23). The molecule has 24 heavy (non-hydrogen) atoms. The lowest BCUT2D eigenvalue weighted by molar-refractivity contribution is -0.144. The average molecular weight is 350 g/mol. The number of carbonyl (C=O) groups excluding carboxylic acids is 1. The van der Waals surface area contributed by atoms with E-state index in [-0.39, 0.29) is 18.7 Å². The van der Waals surface area contributed by atoms with Gasteiger partial charge in [-0.15, -0.1) is 0 Å². The summed E-state index contributed by atoms with van der Waals surface area (Å²) in [7, 11) is 0. The molecule has 1 atom stereocenters. The number of carboxylic acid groups (broad SMARTS) is 1. The highest BCUT2D eigenvalue weighted by Crippen LogP contribution is 2.22. The highest BCUT2D eigenvalue weighted by Gasteiger charge is 2.44. The zero-order chi connectivity index (χ0) is 17.3. The number of benzene rings is 1. The lowest BCUT2D eigenvalue weighted by Gasteiger charge is -2.23. The number of rotatable bonds is 4. The van der Waals surface area contributed by atoms with E-state index in [0.717, 1.165) is 0 Å². The first-order valence-electron chi connectivity index (χ1n) is 7.38. The normalized spacial score (nSPS) is 20.1. The first kappa shape index (κ1) is 16.5. The first-order valence-corrected chi connectivity index (χ1v) is 7.75. The number of carbonyl (C=O) groups is 2. The number of aromatic nitrogens is 2. The third kappa shape index (κ3) is 2.88. The van der Waals surface area contributed by atoms with Crippen LogP contribution in [0.3, 0.4) is 0 Å². The van der Waals surface area contributed by atoms with Gasteiger partial charge in [-0.25, -0.2) is 9.48 Å². The third-order valence-electron chi connectivity index (χ3n) is 4.00. The van der Waals surface area contributed by atoms with Crippen molar-refractivity contribution in [2.45, 2.75) is 18.9 Å². The van der Waals surface area contributed by atoms with Crippen LogP contribution in [0.25, 0.3) is 5.69 Å². The molecule has 1 unspecified atom stereocenters. The van der Waals surface area contributed by atoms with Crippen molar-refractivity contribution in [1.29, 1.82) is 0 Å². The molecule has 1 amide bonds. The van der Waals surface area contributed by atoms with Gasteiger partial charge >= 0.3 is 5.97 Å². The molecule has 0 saturated carbocycles. The minimum Gasteiger partial charge on any atom is -0.479 e. The Labute approximate surface area is 143 Å². The molecule has 1 aliphatic rings. The highest BCUT2D eigenvalue weighted by molar-refractivity contribution is 6.32.